The Labute approximate surface area is 90.6 Å². The van der Waals surface area contributed by atoms with Crippen molar-refractivity contribution in [1.82, 2.24) is 0 Å². The molecule has 0 spiro atoms. The summed E-state index contributed by atoms with van der Waals surface area (Å²) in [6.07, 6.45) is 0. The molecule has 0 fully saturated rings. The molecular formula is C11H15NO2S. The van der Waals surface area contributed by atoms with Crippen LogP contribution in [-0.4, -0.2) is 18.2 Å². The molecule has 0 unspecified atom stereocenters. The first kappa shape index (κ1) is 11.9. The smallest absolute Gasteiger partial charge is 0.200 e. The van der Waals surface area contributed by atoms with Crippen molar-refractivity contribution in [2.75, 3.05) is 0 Å². The minimum atomic E-state index is -3.55. The van der Waals surface area contributed by atoms with Gasteiger partial charge in [-0.1, -0.05) is 30.3 Å². The van der Waals surface area contributed by atoms with Crippen molar-refractivity contribution in [3.8, 4) is 0 Å². The minimum absolute atomic E-state index is 0.310. The van der Waals surface area contributed by atoms with Gasteiger partial charge in [-0.2, -0.15) is 0 Å². The predicted molar refractivity (Wildman–Crippen MR) is 61.9 cm³/mol. The third-order valence-electron chi connectivity index (χ3n) is 2.11. The molecule has 0 atom stereocenters. The zero-order valence-electron chi connectivity index (χ0n) is 9.11. The molecule has 15 heavy (non-hydrogen) atoms. The van der Waals surface area contributed by atoms with Gasteiger partial charge >= 0.3 is 0 Å². The largest absolute Gasteiger partial charge is 0.289 e. The third-order valence-corrected chi connectivity index (χ3v) is 4.50. The summed E-state index contributed by atoms with van der Waals surface area (Å²) in [4.78, 5) is 0. The Kier molecular flexibility index (Phi) is 3.00. The van der Waals surface area contributed by atoms with E-state index in [0.29, 0.717) is 5.56 Å². The fourth-order valence-electron chi connectivity index (χ4n) is 1.05. The zero-order chi connectivity index (χ0) is 11.7. The summed E-state index contributed by atoms with van der Waals surface area (Å²) in [6.45, 7) is 4.79. The molecule has 0 heterocycles. The number of nitrogens with one attached hydrogen (secondary N) is 1. The van der Waals surface area contributed by atoms with Crippen LogP contribution in [0.25, 0.3) is 0 Å². The van der Waals surface area contributed by atoms with Crippen LogP contribution in [0.2, 0.25) is 0 Å². The van der Waals surface area contributed by atoms with Gasteiger partial charge in [0.05, 0.1) is 4.75 Å². The van der Waals surface area contributed by atoms with E-state index in [-0.39, 0.29) is 5.04 Å². The van der Waals surface area contributed by atoms with E-state index in [4.69, 9.17) is 5.41 Å². The molecule has 0 aliphatic carbocycles. The van der Waals surface area contributed by atoms with Gasteiger partial charge in [-0.25, -0.2) is 8.42 Å². The van der Waals surface area contributed by atoms with Gasteiger partial charge < -0.3 is 0 Å². The molecule has 1 rings (SSSR count). The van der Waals surface area contributed by atoms with Gasteiger partial charge in [-0.15, -0.1) is 0 Å². The van der Waals surface area contributed by atoms with Crippen molar-refractivity contribution >= 4 is 14.9 Å². The average Bonchev–Trinajstić information content (AvgIpc) is 2.16. The lowest BCUT2D eigenvalue weighted by Crippen LogP contribution is -2.34. The van der Waals surface area contributed by atoms with E-state index in [1.807, 2.05) is 0 Å². The van der Waals surface area contributed by atoms with Gasteiger partial charge in [0.15, 0.2) is 14.9 Å². The molecule has 0 aliphatic heterocycles. The number of benzene rings is 1. The SMILES string of the molecule is CC(C)(C)S(=O)(=O)C(=N)c1ccccc1. The first-order valence-electron chi connectivity index (χ1n) is 4.65. The number of hydrogen-bond donors (Lipinski definition) is 1. The quantitative estimate of drug-likeness (QED) is 0.588. The zero-order valence-corrected chi connectivity index (χ0v) is 9.93. The van der Waals surface area contributed by atoms with Gasteiger partial charge in [0, 0.05) is 5.56 Å². The van der Waals surface area contributed by atoms with Crippen LogP contribution < -0.4 is 0 Å². The van der Waals surface area contributed by atoms with Gasteiger partial charge in [0.25, 0.3) is 0 Å². The Morgan fingerprint density at radius 2 is 1.60 bits per heavy atom. The molecular weight excluding hydrogens is 210 g/mol. The van der Waals surface area contributed by atoms with Gasteiger partial charge in [-0.3, -0.25) is 5.41 Å². The first-order valence-corrected chi connectivity index (χ1v) is 6.14. The molecule has 1 N–H and O–H groups in total. The molecule has 0 bridgehead atoms. The van der Waals surface area contributed by atoms with Crippen LogP contribution in [0, 0.1) is 5.41 Å². The predicted octanol–water partition coefficient (Wildman–Crippen LogP) is 2.23. The normalized spacial score (nSPS) is 12.5. The molecule has 1 aromatic carbocycles. The molecule has 0 saturated carbocycles. The Bertz CT molecular complexity index is 455. The summed E-state index contributed by atoms with van der Waals surface area (Å²) >= 11 is 0. The summed E-state index contributed by atoms with van der Waals surface area (Å²) in [7, 11) is -3.55. The van der Waals surface area contributed by atoms with E-state index in [1.54, 1.807) is 51.1 Å². The fraction of sp³-hybridized carbons (Fsp3) is 0.364. The molecule has 0 amide bonds. The highest BCUT2D eigenvalue weighted by Crippen LogP contribution is 2.20. The Morgan fingerprint density at radius 1 is 1.13 bits per heavy atom. The van der Waals surface area contributed by atoms with Crippen LogP contribution >= 0.6 is 0 Å². The molecule has 0 aliphatic rings. The number of hydrogen-bond acceptors (Lipinski definition) is 3. The van der Waals surface area contributed by atoms with Crippen LogP contribution in [-0.2, 0) is 9.84 Å². The summed E-state index contributed by atoms with van der Waals surface area (Å²) in [5.74, 6) is 0. The van der Waals surface area contributed by atoms with Crippen LogP contribution in [0.5, 0.6) is 0 Å². The summed E-state index contributed by atoms with van der Waals surface area (Å²) in [5.41, 5.74) is 0.437. The van der Waals surface area contributed by atoms with Crippen LogP contribution in [0.4, 0.5) is 0 Å². The maximum absolute atomic E-state index is 11.9. The van der Waals surface area contributed by atoms with Crippen molar-refractivity contribution < 1.29 is 8.42 Å². The summed E-state index contributed by atoms with van der Waals surface area (Å²) in [6, 6.07) is 8.50. The maximum atomic E-state index is 11.9. The highest BCUT2D eigenvalue weighted by atomic mass is 32.2. The van der Waals surface area contributed by atoms with Crippen molar-refractivity contribution in [3.05, 3.63) is 35.9 Å². The highest BCUT2D eigenvalue weighted by Gasteiger charge is 2.33. The second kappa shape index (κ2) is 3.77. The van der Waals surface area contributed by atoms with Gasteiger partial charge in [-0.05, 0) is 20.8 Å². The lowest BCUT2D eigenvalue weighted by atomic mass is 10.2. The first-order chi connectivity index (χ1) is 6.77. The molecule has 0 saturated heterocycles. The minimum Gasteiger partial charge on any atom is -0.289 e. The van der Waals surface area contributed by atoms with Crippen molar-refractivity contribution in [2.24, 2.45) is 0 Å². The van der Waals surface area contributed by atoms with Crippen LogP contribution in [0.3, 0.4) is 0 Å². The Morgan fingerprint density at radius 3 is 2.00 bits per heavy atom. The molecule has 4 heteroatoms. The number of rotatable bonds is 1. The molecule has 1 aromatic rings. The molecule has 3 nitrogen and oxygen atoms in total. The number of sulfone groups is 1. The van der Waals surface area contributed by atoms with E-state index < -0.39 is 14.6 Å². The fourth-order valence-corrected chi connectivity index (χ4v) is 2.11. The molecule has 0 aromatic heterocycles. The molecule has 0 radical (unpaired) electrons. The van der Waals surface area contributed by atoms with Gasteiger partial charge in [0.2, 0.25) is 0 Å². The molecule has 82 valence electrons. The lowest BCUT2D eigenvalue weighted by Gasteiger charge is -2.19. The van der Waals surface area contributed by atoms with Gasteiger partial charge in [0.1, 0.15) is 0 Å². The second-order valence-corrected chi connectivity index (χ2v) is 6.95. The monoisotopic (exact) mass is 225 g/mol. The maximum Gasteiger partial charge on any atom is 0.200 e. The van der Waals surface area contributed by atoms with Crippen molar-refractivity contribution in [1.29, 1.82) is 5.41 Å². The van der Waals surface area contributed by atoms with E-state index >= 15 is 0 Å². The Hall–Kier alpha value is -1.16. The third kappa shape index (κ3) is 2.26. The second-order valence-electron chi connectivity index (χ2n) is 4.31. The highest BCUT2D eigenvalue weighted by molar-refractivity contribution is 8.07. The van der Waals surface area contributed by atoms with E-state index in [0.717, 1.165) is 0 Å². The standard InChI is InChI=1S/C11H15NO2S/c1-11(2,3)15(13,14)10(12)9-7-5-4-6-8-9/h4-8,12H,1-3H3. The van der Waals surface area contributed by atoms with E-state index in [9.17, 15) is 8.42 Å². The lowest BCUT2D eigenvalue weighted by molar-refractivity contribution is 0.573. The summed E-state index contributed by atoms with van der Waals surface area (Å²) in [5, 5.41) is 7.39. The van der Waals surface area contributed by atoms with E-state index in [1.165, 1.54) is 0 Å². The average molecular weight is 225 g/mol. The summed E-state index contributed by atoms with van der Waals surface area (Å²) < 4.78 is 22.9. The van der Waals surface area contributed by atoms with Crippen LogP contribution in [0.15, 0.2) is 30.3 Å². The Balaban J connectivity index is 3.19. The van der Waals surface area contributed by atoms with Crippen LogP contribution in [0.1, 0.15) is 26.3 Å². The van der Waals surface area contributed by atoms with Crippen molar-refractivity contribution in [2.45, 2.75) is 25.5 Å². The van der Waals surface area contributed by atoms with Crippen molar-refractivity contribution in [3.63, 3.8) is 0 Å². The van der Waals surface area contributed by atoms with E-state index in [2.05, 4.69) is 0 Å². The topological polar surface area (TPSA) is 58.0 Å².